The summed E-state index contributed by atoms with van der Waals surface area (Å²) in [5.41, 5.74) is 1.00. The Labute approximate surface area is 117 Å². The molecule has 0 bridgehead atoms. The van der Waals surface area contributed by atoms with Crippen molar-refractivity contribution in [3.8, 4) is 0 Å². The number of hydrogen-bond acceptors (Lipinski definition) is 2. The lowest BCUT2D eigenvalue weighted by Crippen LogP contribution is -2.56. The van der Waals surface area contributed by atoms with Gasteiger partial charge in [0.05, 0.1) is 0 Å². The molecule has 0 spiro atoms. The molecule has 0 aliphatic heterocycles. The van der Waals surface area contributed by atoms with Crippen LogP contribution in [0.4, 0.5) is 4.39 Å². The SMILES string of the molecule is CN(C)C1(CNCc2cc(Br)ccc2F)CCC1. The molecule has 4 heteroatoms. The van der Waals surface area contributed by atoms with Crippen molar-refractivity contribution in [2.24, 2.45) is 0 Å². The fourth-order valence-electron chi connectivity index (χ4n) is 2.48. The van der Waals surface area contributed by atoms with Gasteiger partial charge in [0.1, 0.15) is 5.82 Å². The Hall–Kier alpha value is -0.450. The fourth-order valence-corrected chi connectivity index (χ4v) is 2.88. The summed E-state index contributed by atoms with van der Waals surface area (Å²) in [7, 11) is 4.25. The zero-order valence-electron chi connectivity index (χ0n) is 11.0. The molecule has 2 rings (SSSR count). The van der Waals surface area contributed by atoms with Crippen molar-refractivity contribution in [1.82, 2.24) is 10.2 Å². The highest BCUT2D eigenvalue weighted by Crippen LogP contribution is 2.35. The number of benzene rings is 1. The number of halogens is 2. The predicted molar refractivity (Wildman–Crippen MR) is 76.1 cm³/mol. The van der Waals surface area contributed by atoms with Crippen LogP contribution in [0, 0.1) is 5.82 Å². The third kappa shape index (κ3) is 2.92. The maximum absolute atomic E-state index is 13.6. The molecule has 100 valence electrons. The molecule has 1 aliphatic rings. The monoisotopic (exact) mass is 314 g/mol. The maximum Gasteiger partial charge on any atom is 0.127 e. The van der Waals surface area contributed by atoms with Gasteiger partial charge >= 0.3 is 0 Å². The van der Waals surface area contributed by atoms with Crippen LogP contribution >= 0.6 is 15.9 Å². The van der Waals surface area contributed by atoms with Crippen molar-refractivity contribution in [2.75, 3.05) is 20.6 Å². The smallest absolute Gasteiger partial charge is 0.127 e. The van der Waals surface area contributed by atoms with Gasteiger partial charge in [-0.2, -0.15) is 0 Å². The van der Waals surface area contributed by atoms with Crippen molar-refractivity contribution >= 4 is 15.9 Å². The minimum absolute atomic E-state index is 0.141. The zero-order valence-corrected chi connectivity index (χ0v) is 12.6. The molecular weight excluding hydrogens is 295 g/mol. The molecule has 0 aromatic heterocycles. The Morgan fingerprint density at radius 3 is 2.67 bits per heavy atom. The highest BCUT2D eigenvalue weighted by molar-refractivity contribution is 9.10. The molecule has 1 aromatic rings. The highest BCUT2D eigenvalue weighted by Gasteiger charge is 2.38. The fraction of sp³-hybridized carbons (Fsp3) is 0.571. The lowest BCUT2D eigenvalue weighted by atomic mass is 9.75. The number of nitrogens with zero attached hydrogens (tertiary/aromatic N) is 1. The summed E-state index contributed by atoms with van der Waals surface area (Å²) in [6.45, 7) is 1.51. The van der Waals surface area contributed by atoms with E-state index in [-0.39, 0.29) is 11.4 Å². The van der Waals surface area contributed by atoms with Gasteiger partial charge in [0.15, 0.2) is 0 Å². The maximum atomic E-state index is 13.6. The number of rotatable bonds is 5. The van der Waals surface area contributed by atoms with Crippen LogP contribution in [0.15, 0.2) is 22.7 Å². The van der Waals surface area contributed by atoms with Gasteiger partial charge in [-0.3, -0.25) is 0 Å². The second-order valence-electron chi connectivity index (χ2n) is 5.31. The van der Waals surface area contributed by atoms with Crippen LogP contribution in [0.3, 0.4) is 0 Å². The first kappa shape index (κ1) is 14.0. The summed E-state index contributed by atoms with van der Waals surface area (Å²) in [4.78, 5) is 2.29. The Morgan fingerprint density at radius 2 is 2.11 bits per heavy atom. The van der Waals surface area contributed by atoms with E-state index < -0.39 is 0 Å². The van der Waals surface area contributed by atoms with Crippen molar-refractivity contribution < 1.29 is 4.39 Å². The summed E-state index contributed by atoms with van der Waals surface area (Å²) in [5, 5.41) is 3.39. The zero-order chi connectivity index (χ0) is 13.2. The summed E-state index contributed by atoms with van der Waals surface area (Å²) in [6, 6.07) is 5.07. The molecule has 1 saturated carbocycles. The van der Waals surface area contributed by atoms with Gasteiger partial charge in [-0.25, -0.2) is 4.39 Å². The molecule has 0 radical (unpaired) electrons. The molecule has 0 unspecified atom stereocenters. The van der Waals surface area contributed by atoms with Crippen LogP contribution in [0.2, 0.25) is 0 Å². The van der Waals surface area contributed by atoms with E-state index in [0.29, 0.717) is 6.54 Å². The van der Waals surface area contributed by atoms with Crippen molar-refractivity contribution in [2.45, 2.75) is 31.3 Å². The van der Waals surface area contributed by atoms with Crippen molar-refractivity contribution in [1.29, 1.82) is 0 Å². The summed E-state index contributed by atoms with van der Waals surface area (Å²) < 4.78 is 14.5. The van der Waals surface area contributed by atoms with Crippen LogP contribution < -0.4 is 5.32 Å². The first-order chi connectivity index (χ1) is 8.53. The molecular formula is C14H20BrFN2. The minimum Gasteiger partial charge on any atom is -0.311 e. The van der Waals surface area contributed by atoms with E-state index in [1.807, 2.05) is 6.07 Å². The first-order valence-corrected chi connectivity index (χ1v) is 7.15. The second kappa shape index (κ2) is 5.68. The van der Waals surface area contributed by atoms with E-state index in [4.69, 9.17) is 0 Å². The van der Waals surface area contributed by atoms with E-state index in [1.165, 1.54) is 25.3 Å². The van der Waals surface area contributed by atoms with E-state index in [1.54, 1.807) is 6.07 Å². The number of likely N-dealkylation sites (N-methyl/N-ethyl adjacent to an activating group) is 1. The highest BCUT2D eigenvalue weighted by atomic mass is 79.9. The van der Waals surface area contributed by atoms with Crippen LogP contribution in [-0.4, -0.2) is 31.1 Å². The standard InChI is InChI=1S/C14H20BrFN2/c1-18(2)14(6-3-7-14)10-17-9-11-8-12(15)4-5-13(11)16/h4-5,8,17H,3,6-7,9-10H2,1-2H3. The first-order valence-electron chi connectivity index (χ1n) is 6.36. The van der Waals surface area contributed by atoms with Gasteiger partial charge in [0.25, 0.3) is 0 Å². The minimum atomic E-state index is -0.141. The Bertz CT molecular complexity index is 416. The van der Waals surface area contributed by atoms with Gasteiger partial charge in [-0.15, -0.1) is 0 Å². The van der Waals surface area contributed by atoms with Crippen LogP contribution in [0.25, 0.3) is 0 Å². The third-order valence-corrected chi connectivity index (χ3v) is 4.50. The topological polar surface area (TPSA) is 15.3 Å². The molecule has 0 atom stereocenters. The summed E-state index contributed by atoms with van der Waals surface area (Å²) in [5.74, 6) is -0.141. The van der Waals surface area contributed by atoms with Gasteiger partial charge in [0, 0.05) is 28.7 Å². The second-order valence-corrected chi connectivity index (χ2v) is 6.23. The third-order valence-electron chi connectivity index (χ3n) is 4.01. The number of hydrogen-bond donors (Lipinski definition) is 1. The van der Waals surface area contributed by atoms with E-state index >= 15 is 0 Å². The van der Waals surface area contributed by atoms with Gasteiger partial charge < -0.3 is 10.2 Å². The quantitative estimate of drug-likeness (QED) is 0.898. The lowest BCUT2D eigenvalue weighted by Gasteiger charge is -2.47. The normalized spacial score (nSPS) is 17.8. The molecule has 2 nitrogen and oxygen atoms in total. The average molecular weight is 315 g/mol. The average Bonchev–Trinajstić information content (AvgIpc) is 2.26. The molecule has 18 heavy (non-hydrogen) atoms. The van der Waals surface area contributed by atoms with Crippen LogP contribution in [0.1, 0.15) is 24.8 Å². The van der Waals surface area contributed by atoms with Crippen molar-refractivity contribution in [3.05, 3.63) is 34.1 Å². The Kier molecular flexibility index (Phi) is 4.41. The van der Waals surface area contributed by atoms with Crippen LogP contribution in [-0.2, 0) is 6.54 Å². The van der Waals surface area contributed by atoms with Gasteiger partial charge in [0.2, 0.25) is 0 Å². The molecule has 0 heterocycles. The van der Waals surface area contributed by atoms with Crippen LogP contribution in [0.5, 0.6) is 0 Å². The van der Waals surface area contributed by atoms with Gasteiger partial charge in [-0.1, -0.05) is 15.9 Å². The molecule has 0 saturated heterocycles. The van der Waals surface area contributed by atoms with E-state index in [2.05, 4.69) is 40.2 Å². The van der Waals surface area contributed by atoms with Crippen molar-refractivity contribution in [3.63, 3.8) is 0 Å². The lowest BCUT2D eigenvalue weighted by molar-refractivity contribution is 0.0597. The Balaban J connectivity index is 1.90. The number of nitrogens with one attached hydrogen (secondary N) is 1. The van der Waals surface area contributed by atoms with E-state index in [0.717, 1.165) is 16.6 Å². The summed E-state index contributed by atoms with van der Waals surface area (Å²) >= 11 is 3.37. The molecule has 1 aliphatic carbocycles. The Morgan fingerprint density at radius 1 is 1.39 bits per heavy atom. The molecule has 0 amide bonds. The van der Waals surface area contributed by atoms with Gasteiger partial charge in [-0.05, 0) is 51.6 Å². The largest absolute Gasteiger partial charge is 0.311 e. The summed E-state index contributed by atoms with van der Waals surface area (Å²) in [6.07, 6.45) is 3.76. The molecule has 1 fully saturated rings. The molecule has 1 aromatic carbocycles. The van der Waals surface area contributed by atoms with E-state index in [9.17, 15) is 4.39 Å². The molecule has 1 N–H and O–H groups in total. The predicted octanol–water partition coefficient (Wildman–Crippen LogP) is 3.16.